The van der Waals surface area contributed by atoms with E-state index in [-0.39, 0.29) is 29.6 Å². The average Bonchev–Trinajstić information content (AvgIpc) is 3.24. The minimum absolute atomic E-state index is 0.161. The Morgan fingerprint density at radius 1 is 1.32 bits per heavy atom. The van der Waals surface area contributed by atoms with Gasteiger partial charge in [0.2, 0.25) is 5.95 Å². The van der Waals surface area contributed by atoms with Gasteiger partial charge in [0.1, 0.15) is 11.3 Å². The number of nitrogens with two attached hydrogens (primary N) is 1. The zero-order chi connectivity index (χ0) is 24.1. The van der Waals surface area contributed by atoms with E-state index in [2.05, 4.69) is 26.8 Å². The first kappa shape index (κ1) is 23.2. The molecule has 4 rings (SSSR count). The molecule has 1 amide bonds. The SMILES string of the molecule is N#CCC1(n2cc(C(N)=O)c(Nc3ccnc(F)c3)n2)CCC(NCc2ccccc2O)CC1. The second kappa shape index (κ2) is 9.89. The molecule has 176 valence electrons. The molecule has 1 aliphatic carbocycles. The van der Waals surface area contributed by atoms with Crippen LogP contribution in [0.1, 0.15) is 48.0 Å². The van der Waals surface area contributed by atoms with Crippen LogP contribution in [0, 0.1) is 17.3 Å². The van der Waals surface area contributed by atoms with Crippen molar-refractivity contribution in [2.75, 3.05) is 5.32 Å². The van der Waals surface area contributed by atoms with Crippen molar-refractivity contribution in [3.63, 3.8) is 0 Å². The Morgan fingerprint density at radius 2 is 2.09 bits per heavy atom. The number of aromatic nitrogens is 3. The molecule has 0 spiro atoms. The highest BCUT2D eigenvalue weighted by molar-refractivity contribution is 5.98. The van der Waals surface area contributed by atoms with E-state index >= 15 is 0 Å². The quantitative estimate of drug-likeness (QED) is 0.376. The van der Waals surface area contributed by atoms with Crippen LogP contribution in [0.2, 0.25) is 0 Å². The van der Waals surface area contributed by atoms with E-state index < -0.39 is 17.4 Å². The molecule has 1 saturated carbocycles. The smallest absolute Gasteiger partial charge is 0.254 e. The fourth-order valence-electron chi connectivity index (χ4n) is 4.41. The number of hydrogen-bond acceptors (Lipinski definition) is 7. The normalized spacial score (nSPS) is 19.9. The zero-order valence-electron chi connectivity index (χ0n) is 18.5. The van der Waals surface area contributed by atoms with Gasteiger partial charge in [-0.15, -0.1) is 0 Å². The fourth-order valence-corrected chi connectivity index (χ4v) is 4.41. The maximum atomic E-state index is 13.5. The van der Waals surface area contributed by atoms with Crippen LogP contribution < -0.4 is 16.4 Å². The Balaban J connectivity index is 1.51. The monoisotopic (exact) mass is 463 g/mol. The van der Waals surface area contributed by atoms with Gasteiger partial charge in [-0.3, -0.25) is 9.48 Å². The minimum Gasteiger partial charge on any atom is -0.508 e. The first-order valence-electron chi connectivity index (χ1n) is 11.1. The lowest BCUT2D eigenvalue weighted by atomic mass is 9.77. The van der Waals surface area contributed by atoms with Gasteiger partial charge in [0.15, 0.2) is 5.82 Å². The number of primary amides is 1. The van der Waals surface area contributed by atoms with Gasteiger partial charge in [0.25, 0.3) is 5.91 Å². The first-order chi connectivity index (χ1) is 16.4. The maximum absolute atomic E-state index is 13.5. The lowest BCUT2D eigenvalue weighted by molar-refractivity contribution is 0.1000. The molecule has 9 nitrogen and oxygen atoms in total. The number of benzene rings is 1. The van der Waals surface area contributed by atoms with Crippen molar-refractivity contribution >= 4 is 17.4 Å². The number of carbonyl (C=O) groups is 1. The Labute approximate surface area is 196 Å². The maximum Gasteiger partial charge on any atom is 0.254 e. The molecule has 5 N–H and O–H groups in total. The molecule has 2 heterocycles. The summed E-state index contributed by atoms with van der Waals surface area (Å²) in [4.78, 5) is 15.6. The number of nitrogens with zero attached hydrogens (tertiary/aromatic N) is 4. The molecule has 10 heteroatoms. The third-order valence-electron chi connectivity index (χ3n) is 6.35. The predicted molar refractivity (Wildman–Crippen MR) is 124 cm³/mol. The summed E-state index contributed by atoms with van der Waals surface area (Å²) < 4.78 is 15.2. The number of carbonyl (C=O) groups excluding carboxylic acids is 1. The number of hydrogen-bond donors (Lipinski definition) is 4. The highest BCUT2D eigenvalue weighted by atomic mass is 19.1. The number of nitriles is 1. The lowest BCUT2D eigenvalue weighted by Gasteiger charge is -2.39. The molecule has 0 radical (unpaired) electrons. The van der Waals surface area contributed by atoms with E-state index in [1.165, 1.54) is 12.3 Å². The van der Waals surface area contributed by atoms with Crippen molar-refractivity contribution in [1.82, 2.24) is 20.1 Å². The van der Waals surface area contributed by atoms with Gasteiger partial charge < -0.3 is 21.5 Å². The van der Waals surface area contributed by atoms with Crippen LogP contribution in [0.25, 0.3) is 0 Å². The number of phenols is 1. The van der Waals surface area contributed by atoms with E-state index in [9.17, 15) is 19.6 Å². The summed E-state index contributed by atoms with van der Waals surface area (Å²) in [6.45, 7) is 0.548. The first-order valence-corrected chi connectivity index (χ1v) is 11.1. The molecule has 3 aromatic rings. The van der Waals surface area contributed by atoms with Crippen LogP contribution in [0.4, 0.5) is 15.9 Å². The average molecular weight is 464 g/mol. The van der Waals surface area contributed by atoms with Gasteiger partial charge in [0.05, 0.1) is 18.0 Å². The van der Waals surface area contributed by atoms with Crippen molar-refractivity contribution < 1.29 is 14.3 Å². The Bertz CT molecular complexity index is 1210. The second-order valence-electron chi connectivity index (χ2n) is 8.54. The van der Waals surface area contributed by atoms with E-state index in [1.54, 1.807) is 29.1 Å². The molecular weight excluding hydrogens is 437 g/mol. The summed E-state index contributed by atoms with van der Waals surface area (Å²) in [5.74, 6) is -0.876. The van der Waals surface area contributed by atoms with Crippen molar-refractivity contribution in [2.24, 2.45) is 5.73 Å². The molecule has 1 fully saturated rings. The molecule has 2 aromatic heterocycles. The number of anilines is 2. The van der Waals surface area contributed by atoms with Crippen molar-refractivity contribution in [1.29, 1.82) is 5.26 Å². The van der Waals surface area contributed by atoms with Gasteiger partial charge in [-0.1, -0.05) is 18.2 Å². The molecule has 0 saturated heterocycles. The van der Waals surface area contributed by atoms with Crippen LogP contribution in [0.15, 0.2) is 48.8 Å². The molecule has 0 atom stereocenters. The number of nitrogens with one attached hydrogen (secondary N) is 2. The Hall–Kier alpha value is -3.97. The summed E-state index contributed by atoms with van der Waals surface area (Å²) in [5.41, 5.74) is 6.36. The molecular formula is C24H26FN7O2. The number of aromatic hydroxyl groups is 1. The number of pyridine rings is 1. The van der Waals surface area contributed by atoms with E-state index in [4.69, 9.17) is 5.73 Å². The fraction of sp³-hybridized carbons (Fsp3) is 0.333. The summed E-state index contributed by atoms with van der Waals surface area (Å²) in [5, 5.41) is 30.5. The minimum atomic E-state index is -0.673. The van der Waals surface area contributed by atoms with Crippen LogP contribution in [0.3, 0.4) is 0 Å². The highest BCUT2D eigenvalue weighted by Crippen LogP contribution is 2.39. The highest BCUT2D eigenvalue weighted by Gasteiger charge is 2.38. The van der Waals surface area contributed by atoms with Crippen molar-refractivity contribution in [2.45, 2.75) is 50.2 Å². The molecule has 1 aliphatic rings. The largest absolute Gasteiger partial charge is 0.508 e. The Kier molecular flexibility index (Phi) is 6.75. The van der Waals surface area contributed by atoms with Crippen LogP contribution in [0.5, 0.6) is 5.75 Å². The van der Waals surface area contributed by atoms with Crippen LogP contribution >= 0.6 is 0 Å². The zero-order valence-corrected chi connectivity index (χ0v) is 18.5. The number of para-hydroxylation sites is 1. The van der Waals surface area contributed by atoms with Gasteiger partial charge in [0, 0.05) is 42.3 Å². The van der Waals surface area contributed by atoms with Crippen molar-refractivity contribution in [3.8, 4) is 11.8 Å². The number of halogens is 1. The van der Waals surface area contributed by atoms with Gasteiger partial charge >= 0.3 is 0 Å². The molecule has 0 aliphatic heterocycles. The predicted octanol–water partition coefficient (Wildman–Crippen LogP) is 3.31. The van der Waals surface area contributed by atoms with E-state index in [0.717, 1.165) is 18.4 Å². The molecule has 0 unspecified atom stereocenters. The topological polar surface area (TPSA) is 142 Å². The van der Waals surface area contributed by atoms with Crippen LogP contribution in [-0.4, -0.2) is 31.8 Å². The number of amides is 1. The summed E-state index contributed by atoms with van der Waals surface area (Å²) in [6, 6.07) is 12.4. The van der Waals surface area contributed by atoms with Crippen LogP contribution in [-0.2, 0) is 12.1 Å². The summed E-state index contributed by atoms with van der Waals surface area (Å²) in [7, 11) is 0. The van der Waals surface area contributed by atoms with E-state index in [1.807, 2.05) is 12.1 Å². The third kappa shape index (κ3) is 5.00. The standard InChI is InChI=1S/C24H26FN7O2/c25-21-13-18(7-12-28-21)30-23-19(22(27)34)15-32(31-23)24(10-11-26)8-5-17(6-9-24)29-14-16-3-1-2-4-20(16)33/h1-4,7,12-13,15,17,29,33H,5-6,8-10,14H2,(H2,27,34)(H,28,30,31). The number of phenolic OH excluding ortho intramolecular Hbond substituents is 1. The lowest BCUT2D eigenvalue weighted by Crippen LogP contribution is -2.43. The Morgan fingerprint density at radius 3 is 2.76 bits per heavy atom. The summed E-state index contributed by atoms with van der Waals surface area (Å²) >= 11 is 0. The van der Waals surface area contributed by atoms with E-state index in [0.29, 0.717) is 25.1 Å². The van der Waals surface area contributed by atoms with Gasteiger partial charge in [-0.05, 0) is 37.8 Å². The molecule has 1 aromatic carbocycles. The van der Waals surface area contributed by atoms with Gasteiger partial charge in [-0.2, -0.15) is 14.8 Å². The second-order valence-corrected chi connectivity index (χ2v) is 8.54. The molecule has 0 bridgehead atoms. The third-order valence-corrected chi connectivity index (χ3v) is 6.35. The number of rotatable bonds is 8. The molecule has 34 heavy (non-hydrogen) atoms. The summed E-state index contributed by atoms with van der Waals surface area (Å²) in [6.07, 6.45) is 6.01. The van der Waals surface area contributed by atoms with Crippen molar-refractivity contribution in [3.05, 3.63) is 65.9 Å². The van der Waals surface area contributed by atoms with Gasteiger partial charge in [-0.25, -0.2) is 4.98 Å².